The molecule has 0 bridgehead atoms. The van der Waals surface area contributed by atoms with Crippen LogP contribution in [0, 0.1) is 0 Å². The van der Waals surface area contributed by atoms with Crippen molar-refractivity contribution in [3.8, 4) is 0 Å². The van der Waals surface area contributed by atoms with Gasteiger partial charge in [0.05, 0.1) is 17.7 Å². The molecule has 5 heteroatoms. The van der Waals surface area contributed by atoms with Crippen LogP contribution in [0.15, 0.2) is 152 Å². The van der Waals surface area contributed by atoms with Crippen LogP contribution < -0.4 is 0 Å². The molecule has 46 heavy (non-hydrogen) atoms. The Bertz CT molecular complexity index is 1530. The number of carbonyl (C=O) groups excluding carboxylic acids is 2. The van der Waals surface area contributed by atoms with E-state index in [0.29, 0.717) is 24.0 Å². The number of rotatable bonds is 15. The van der Waals surface area contributed by atoms with Crippen molar-refractivity contribution in [2.75, 3.05) is 6.61 Å². The molecule has 5 aromatic carbocycles. The predicted octanol–water partition coefficient (Wildman–Crippen LogP) is 9.03. The van der Waals surface area contributed by atoms with Gasteiger partial charge >= 0.3 is 11.9 Å². The van der Waals surface area contributed by atoms with Gasteiger partial charge in [-0.05, 0) is 53.8 Å². The Hall–Kier alpha value is -5.00. The van der Waals surface area contributed by atoms with Crippen molar-refractivity contribution in [1.29, 1.82) is 0 Å². The van der Waals surface area contributed by atoms with Crippen LogP contribution in [0.25, 0.3) is 0 Å². The average Bonchev–Trinajstić information content (AvgIpc) is 3.13. The van der Waals surface area contributed by atoms with Crippen LogP contribution in [-0.2, 0) is 19.8 Å². The lowest BCUT2D eigenvalue weighted by atomic mass is 9.80. The van der Waals surface area contributed by atoms with Gasteiger partial charge in [-0.25, -0.2) is 9.59 Å². The summed E-state index contributed by atoms with van der Waals surface area (Å²) in [6, 6.07) is 48.2. The summed E-state index contributed by atoms with van der Waals surface area (Å²) in [5.41, 5.74) is 2.88. The molecule has 234 valence electrons. The predicted molar refractivity (Wildman–Crippen MR) is 181 cm³/mol. The summed E-state index contributed by atoms with van der Waals surface area (Å²) in [6.45, 7) is 2.30. The number of benzene rings is 5. The molecular formula is C41H40O5. The fourth-order valence-corrected chi connectivity index (χ4v) is 5.70. The van der Waals surface area contributed by atoms with E-state index in [-0.39, 0.29) is 6.61 Å². The Morgan fingerprint density at radius 2 is 0.870 bits per heavy atom. The topological polar surface area (TPSA) is 61.8 Å². The first kappa shape index (κ1) is 32.4. The molecule has 0 aromatic heterocycles. The first-order valence-corrected chi connectivity index (χ1v) is 15.9. The fourth-order valence-electron chi connectivity index (χ4n) is 5.70. The number of hydrogen-bond donors (Lipinski definition) is 0. The minimum absolute atomic E-state index is 0.219. The van der Waals surface area contributed by atoms with Crippen molar-refractivity contribution in [1.82, 2.24) is 0 Å². The average molecular weight is 613 g/mol. The molecule has 2 atom stereocenters. The Labute approximate surface area is 271 Å². The van der Waals surface area contributed by atoms with Gasteiger partial charge in [0.2, 0.25) is 0 Å². The monoisotopic (exact) mass is 612 g/mol. The molecule has 5 rings (SSSR count). The zero-order chi connectivity index (χ0) is 32.0. The summed E-state index contributed by atoms with van der Waals surface area (Å²) in [4.78, 5) is 26.7. The molecule has 0 saturated carbocycles. The molecular weight excluding hydrogens is 572 g/mol. The molecule has 0 aliphatic carbocycles. The van der Waals surface area contributed by atoms with E-state index in [1.165, 1.54) is 0 Å². The first-order valence-electron chi connectivity index (χ1n) is 15.9. The van der Waals surface area contributed by atoms with Crippen molar-refractivity contribution < 1.29 is 23.8 Å². The lowest BCUT2D eigenvalue weighted by molar-refractivity contribution is -0.0608. The molecule has 0 amide bonds. The zero-order valence-corrected chi connectivity index (χ0v) is 26.2. The smallest absolute Gasteiger partial charge is 0.338 e. The number of unbranched alkanes of at least 4 members (excludes halogenated alkanes) is 1. The van der Waals surface area contributed by atoms with Crippen LogP contribution in [0.3, 0.4) is 0 Å². The van der Waals surface area contributed by atoms with E-state index < -0.39 is 29.7 Å². The minimum atomic E-state index is -0.933. The van der Waals surface area contributed by atoms with Crippen LogP contribution in [0.2, 0.25) is 0 Å². The van der Waals surface area contributed by atoms with Crippen LogP contribution >= 0.6 is 0 Å². The normalized spacial score (nSPS) is 12.5. The van der Waals surface area contributed by atoms with Crippen LogP contribution in [0.4, 0.5) is 0 Å². The second kappa shape index (κ2) is 16.4. The lowest BCUT2D eigenvalue weighted by Gasteiger charge is -2.37. The van der Waals surface area contributed by atoms with Crippen molar-refractivity contribution in [2.24, 2.45) is 0 Å². The van der Waals surface area contributed by atoms with Gasteiger partial charge < -0.3 is 14.2 Å². The van der Waals surface area contributed by atoms with Gasteiger partial charge in [-0.2, -0.15) is 0 Å². The van der Waals surface area contributed by atoms with Crippen molar-refractivity contribution in [3.05, 3.63) is 179 Å². The first-order chi connectivity index (χ1) is 22.6. The summed E-state index contributed by atoms with van der Waals surface area (Å²) in [5, 5.41) is 0. The maximum absolute atomic E-state index is 13.4. The summed E-state index contributed by atoms with van der Waals surface area (Å²) in [6.07, 6.45) is 1.14. The van der Waals surface area contributed by atoms with Gasteiger partial charge in [-0.1, -0.05) is 141 Å². The van der Waals surface area contributed by atoms with E-state index in [9.17, 15) is 9.59 Å². The van der Waals surface area contributed by atoms with E-state index in [2.05, 4.69) is 43.3 Å². The zero-order valence-electron chi connectivity index (χ0n) is 26.2. The standard InChI is InChI=1S/C41H40O5/c1-2-3-29-37(45-39(42)32-19-9-4-10-20-32)38(46-40(43)33-21-11-5-12-22-33)30-31-44-41(34-23-13-6-14-24-34,35-25-15-7-16-26-35)36-27-17-8-18-28-36/h4-28,37-38H,2-3,29-31H2,1H3. The van der Waals surface area contributed by atoms with Crippen LogP contribution in [0.1, 0.15) is 70.0 Å². The Kier molecular flexibility index (Phi) is 11.5. The third kappa shape index (κ3) is 7.98. The SMILES string of the molecule is CCCCC(OC(=O)c1ccccc1)C(CCOC(c1ccccc1)(c1ccccc1)c1ccccc1)OC(=O)c1ccccc1. The van der Waals surface area contributed by atoms with Crippen LogP contribution in [0.5, 0.6) is 0 Å². The highest BCUT2D eigenvalue weighted by atomic mass is 16.6. The molecule has 0 aliphatic rings. The largest absolute Gasteiger partial charge is 0.455 e. The van der Waals surface area contributed by atoms with E-state index in [0.717, 1.165) is 29.5 Å². The highest BCUT2D eigenvalue weighted by molar-refractivity contribution is 5.90. The van der Waals surface area contributed by atoms with Gasteiger partial charge in [0.25, 0.3) is 0 Å². The number of carbonyl (C=O) groups is 2. The number of hydrogen-bond acceptors (Lipinski definition) is 5. The highest BCUT2D eigenvalue weighted by Crippen LogP contribution is 2.40. The molecule has 5 aromatic rings. The van der Waals surface area contributed by atoms with E-state index in [1.54, 1.807) is 48.5 Å². The summed E-state index contributed by atoms with van der Waals surface area (Å²) < 4.78 is 19.3. The Balaban J connectivity index is 1.48. The maximum Gasteiger partial charge on any atom is 0.338 e. The summed E-state index contributed by atoms with van der Waals surface area (Å²) in [5.74, 6) is -0.918. The molecule has 5 nitrogen and oxygen atoms in total. The second-order valence-electron chi connectivity index (χ2n) is 11.2. The maximum atomic E-state index is 13.4. The molecule has 0 aliphatic heterocycles. The molecule has 2 unspecified atom stereocenters. The van der Waals surface area contributed by atoms with Crippen LogP contribution in [-0.4, -0.2) is 30.8 Å². The molecule has 0 N–H and O–H groups in total. The Morgan fingerprint density at radius 3 is 1.24 bits per heavy atom. The molecule has 0 heterocycles. The number of esters is 2. The third-order valence-electron chi connectivity index (χ3n) is 8.05. The molecule has 0 saturated heterocycles. The van der Waals surface area contributed by atoms with E-state index in [1.807, 2.05) is 66.7 Å². The van der Waals surface area contributed by atoms with Crippen molar-refractivity contribution >= 4 is 11.9 Å². The number of ether oxygens (including phenoxy) is 3. The highest BCUT2D eigenvalue weighted by Gasteiger charge is 2.38. The summed E-state index contributed by atoms with van der Waals surface area (Å²) >= 11 is 0. The molecule has 0 radical (unpaired) electrons. The second-order valence-corrected chi connectivity index (χ2v) is 11.2. The third-order valence-corrected chi connectivity index (χ3v) is 8.05. The van der Waals surface area contributed by atoms with E-state index >= 15 is 0 Å². The van der Waals surface area contributed by atoms with Crippen molar-refractivity contribution in [2.45, 2.75) is 50.4 Å². The van der Waals surface area contributed by atoms with Gasteiger partial charge in [-0.3, -0.25) is 0 Å². The van der Waals surface area contributed by atoms with E-state index in [4.69, 9.17) is 14.2 Å². The van der Waals surface area contributed by atoms with Gasteiger partial charge in [0.1, 0.15) is 17.8 Å². The van der Waals surface area contributed by atoms with Crippen molar-refractivity contribution in [3.63, 3.8) is 0 Å². The molecule has 0 spiro atoms. The minimum Gasteiger partial charge on any atom is -0.455 e. The summed E-state index contributed by atoms with van der Waals surface area (Å²) in [7, 11) is 0. The Morgan fingerprint density at radius 1 is 0.522 bits per heavy atom. The van der Waals surface area contributed by atoms with Gasteiger partial charge in [0.15, 0.2) is 0 Å². The lowest BCUT2D eigenvalue weighted by Crippen LogP contribution is -2.38. The molecule has 0 fully saturated rings. The quantitative estimate of drug-likeness (QED) is 0.0872. The van der Waals surface area contributed by atoms with Gasteiger partial charge in [-0.15, -0.1) is 0 Å². The van der Waals surface area contributed by atoms with Gasteiger partial charge in [0, 0.05) is 6.42 Å². The fraction of sp³-hybridized carbons (Fsp3) is 0.220.